The van der Waals surface area contributed by atoms with Crippen LogP contribution in [0.3, 0.4) is 0 Å². The number of halogens is 1. The Labute approximate surface area is 207 Å². The first-order chi connectivity index (χ1) is 14.6. The third-order valence-electron chi connectivity index (χ3n) is 5.37. The highest BCUT2D eigenvalue weighted by molar-refractivity contribution is 14.0. The molecule has 2 aromatic rings. The monoisotopic (exact) mass is 555 g/mol. The second-order valence-electron chi connectivity index (χ2n) is 7.87. The third-order valence-corrected chi connectivity index (χ3v) is 6.39. The lowest BCUT2D eigenvalue weighted by Crippen LogP contribution is -2.40. The normalized spacial score (nSPS) is 16.3. The fraction of sp³-hybridized carbons (Fsp3) is 0.522. The lowest BCUT2D eigenvalue weighted by Gasteiger charge is -2.18. The SMILES string of the molecule is CN=C(NCCCCc1nc(C)cs1)NCC1CC(=O)N(CCc2ccccc2)C1.I. The van der Waals surface area contributed by atoms with Crippen molar-refractivity contribution in [3.05, 3.63) is 52.0 Å². The Morgan fingerprint density at radius 1 is 1.23 bits per heavy atom. The van der Waals surface area contributed by atoms with E-state index in [0.29, 0.717) is 12.3 Å². The van der Waals surface area contributed by atoms with Crippen LogP contribution in [-0.2, 0) is 17.6 Å². The van der Waals surface area contributed by atoms with Crippen LogP contribution in [0.25, 0.3) is 0 Å². The molecule has 1 saturated heterocycles. The Morgan fingerprint density at radius 3 is 2.74 bits per heavy atom. The predicted octanol–water partition coefficient (Wildman–Crippen LogP) is 3.65. The highest BCUT2D eigenvalue weighted by Crippen LogP contribution is 2.17. The Morgan fingerprint density at radius 2 is 2.03 bits per heavy atom. The minimum atomic E-state index is 0. The number of aromatic nitrogens is 1. The van der Waals surface area contributed by atoms with Gasteiger partial charge in [-0.3, -0.25) is 9.79 Å². The van der Waals surface area contributed by atoms with Gasteiger partial charge in [-0.2, -0.15) is 0 Å². The molecule has 2 N–H and O–H groups in total. The molecule has 0 radical (unpaired) electrons. The van der Waals surface area contributed by atoms with Crippen LogP contribution in [0.15, 0.2) is 40.7 Å². The molecule has 1 aromatic heterocycles. The summed E-state index contributed by atoms with van der Waals surface area (Å²) >= 11 is 1.74. The number of likely N-dealkylation sites (tertiary alicyclic amines) is 1. The lowest BCUT2D eigenvalue weighted by atomic mass is 10.1. The summed E-state index contributed by atoms with van der Waals surface area (Å²) in [5.41, 5.74) is 2.39. The van der Waals surface area contributed by atoms with E-state index in [1.54, 1.807) is 18.4 Å². The molecule has 170 valence electrons. The molecule has 31 heavy (non-hydrogen) atoms. The average Bonchev–Trinajstić information content (AvgIpc) is 3.34. The molecule has 1 amide bonds. The van der Waals surface area contributed by atoms with E-state index in [9.17, 15) is 4.79 Å². The molecular formula is C23H34IN5OS. The van der Waals surface area contributed by atoms with Crippen molar-refractivity contribution in [2.45, 2.75) is 39.0 Å². The minimum absolute atomic E-state index is 0. The van der Waals surface area contributed by atoms with Crippen LogP contribution in [0.4, 0.5) is 0 Å². The summed E-state index contributed by atoms with van der Waals surface area (Å²) in [5, 5.41) is 10.1. The highest BCUT2D eigenvalue weighted by atomic mass is 127. The van der Waals surface area contributed by atoms with Crippen molar-refractivity contribution >= 4 is 47.2 Å². The molecule has 1 aliphatic rings. The molecule has 0 saturated carbocycles. The lowest BCUT2D eigenvalue weighted by molar-refractivity contribution is -0.127. The van der Waals surface area contributed by atoms with E-state index in [-0.39, 0.29) is 29.9 Å². The standard InChI is InChI=1S/C23H33N5OS.HI/c1-18-17-30-21(27-18)10-6-7-12-25-23(24-2)26-15-20-14-22(29)28(16-20)13-11-19-8-4-3-5-9-19;/h3-5,8-9,17,20H,6-7,10-16H2,1-2H3,(H2,24,25,26);1H. The van der Waals surface area contributed by atoms with Crippen LogP contribution in [0.1, 0.15) is 35.5 Å². The Kier molecular flexibility index (Phi) is 11.3. The van der Waals surface area contributed by atoms with Crippen LogP contribution < -0.4 is 10.6 Å². The molecule has 1 aromatic carbocycles. The molecule has 0 aliphatic carbocycles. The van der Waals surface area contributed by atoms with E-state index in [0.717, 1.165) is 63.5 Å². The number of carbonyl (C=O) groups excluding carboxylic acids is 1. The quantitative estimate of drug-likeness (QED) is 0.203. The molecular weight excluding hydrogens is 521 g/mol. The summed E-state index contributed by atoms with van der Waals surface area (Å²) in [5.74, 6) is 1.41. The molecule has 0 spiro atoms. The van der Waals surface area contributed by atoms with E-state index in [4.69, 9.17) is 0 Å². The number of guanidine groups is 1. The topological polar surface area (TPSA) is 69.6 Å². The van der Waals surface area contributed by atoms with Gasteiger partial charge >= 0.3 is 0 Å². The Balaban J connectivity index is 0.00000341. The van der Waals surface area contributed by atoms with Crippen molar-refractivity contribution in [1.82, 2.24) is 20.5 Å². The number of thiazole rings is 1. The summed E-state index contributed by atoms with van der Waals surface area (Å²) in [4.78, 5) is 23.1. The van der Waals surface area contributed by atoms with Gasteiger partial charge in [-0.25, -0.2) is 4.98 Å². The van der Waals surface area contributed by atoms with Crippen LogP contribution in [-0.4, -0.2) is 55.0 Å². The maximum absolute atomic E-state index is 12.3. The average molecular weight is 556 g/mol. The van der Waals surface area contributed by atoms with Gasteiger partial charge in [0.15, 0.2) is 5.96 Å². The molecule has 1 aliphatic heterocycles. The van der Waals surface area contributed by atoms with Gasteiger partial charge in [0.1, 0.15) is 0 Å². The summed E-state index contributed by atoms with van der Waals surface area (Å²) in [6, 6.07) is 10.4. The van der Waals surface area contributed by atoms with Gasteiger partial charge in [0, 0.05) is 56.6 Å². The van der Waals surface area contributed by atoms with Crippen molar-refractivity contribution in [3.63, 3.8) is 0 Å². The molecule has 2 heterocycles. The first-order valence-corrected chi connectivity index (χ1v) is 11.7. The molecule has 8 heteroatoms. The van der Waals surface area contributed by atoms with Crippen LogP contribution >= 0.6 is 35.3 Å². The number of nitrogens with one attached hydrogen (secondary N) is 2. The molecule has 1 fully saturated rings. The number of unbranched alkanes of at least 4 members (excludes halogenated alkanes) is 1. The van der Waals surface area contributed by atoms with Crippen LogP contribution in [0, 0.1) is 12.8 Å². The van der Waals surface area contributed by atoms with Crippen molar-refractivity contribution in [2.75, 3.05) is 33.2 Å². The summed E-state index contributed by atoms with van der Waals surface area (Å²) in [7, 11) is 1.79. The number of hydrogen-bond donors (Lipinski definition) is 2. The van der Waals surface area contributed by atoms with Crippen LogP contribution in [0.2, 0.25) is 0 Å². The zero-order valence-corrected chi connectivity index (χ0v) is 21.6. The van der Waals surface area contributed by atoms with Gasteiger partial charge in [-0.05, 0) is 38.2 Å². The first kappa shape index (κ1) is 25.6. The fourth-order valence-electron chi connectivity index (χ4n) is 3.70. The van der Waals surface area contributed by atoms with Gasteiger partial charge in [-0.1, -0.05) is 30.3 Å². The van der Waals surface area contributed by atoms with E-state index in [2.05, 4.69) is 38.1 Å². The van der Waals surface area contributed by atoms with Gasteiger partial charge in [0.2, 0.25) is 5.91 Å². The fourth-order valence-corrected chi connectivity index (χ4v) is 4.52. The third kappa shape index (κ3) is 8.76. The van der Waals surface area contributed by atoms with Gasteiger partial charge in [0.05, 0.1) is 5.01 Å². The number of aryl methyl sites for hydroxylation is 2. The van der Waals surface area contributed by atoms with Crippen molar-refractivity contribution < 1.29 is 4.79 Å². The van der Waals surface area contributed by atoms with Crippen LogP contribution in [0.5, 0.6) is 0 Å². The van der Waals surface area contributed by atoms with Crippen molar-refractivity contribution in [2.24, 2.45) is 10.9 Å². The van der Waals surface area contributed by atoms with Gasteiger partial charge in [0.25, 0.3) is 0 Å². The van der Waals surface area contributed by atoms with E-state index in [1.165, 1.54) is 10.6 Å². The van der Waals surface area contributed by atoms with Gasteiger partial charge in [-0.15, -0.1) is 35.3 Å². The smallest absolute Gasteiger partial charge is 0.223 e. The number of rotatable bonds is 10. The first-order valence-electron chi connectivity index (χ1n) is 10.8. The second-order valence-corrected chi connectivity index (χ2v) is 8.81. The molecule has 3 rings (SSSR count). The maximum Gasteiger partial charge on any atom is 0.223 e. The molecule has 1 atom stereocenters. The van der Waals surface area contributed by atoms with Gasteiger partial charge < -0.3 is 15.5 Å². The maximum atomic E-state index is 12.3. The summed E-state index contributed by atoms with van der Waals surface area (Å²) in [6.45, 7) is 5.31. The molecule has 6 nitrogen and oxygen atoms in total. The number of amides is 1. The number of aliphatic imine (C=N–C) groups is 1. The zero-order chi connectivity index (χ0) is 21.2. The number of hydrogen-bond acceptors (Lipinski definition) is 4. The minimum Gasteiger partial charge on any atom is -0.356 e. The predicted molar refractivity (Wildman–Crippen MR) is 139 cm³/mol. The second kappa shape index (κ2) is 13.7. The van der Waals surface area contributed by atoms with Crippen molar-refractivity contribution in [3.8, 4) is 0 Å². The molecule has 0 bridgehead atoms. The van der Waals surface area contributed by atoms with E-state index < -0.39 is 0 Å². The molecule has 1 unspecified atom stereocenters. The van der Waals surface area contributed by atoms with E-state index in [1.807, 2.05) is 30.0 Å². The number of benzene rings is 1. The Hall–Kier alpha value is -1.68. The van der Waals surface area contributed by atoms with E-state index >= 15 is 0 Å². The zero-order valence-electron chi connectivity index (χ0n) is 18.5. The Bertz CT molecular complexity index is 826. The van der Waals surface area contributed by atoms with Crippen molar-refractivity contribution in [1.29, 1.82) is 0 Å². The number of nitrogens with zero attached hydrogens (tertiary/aromatic N) is 3. The number of carbonyl (C=O) groups is 1. The summed E-state index contributed by atoms with van der Waals surface area (Å²) in [6.07, 6.45) is 4.76. The highest BCUT2D eigenvalue weighted by Gasteiger charge is 2.29. The summed E-state index contributed by atoms with van der Waals surface area (Å²) < 4.78 is 0. The largest absolute Gasteiger partial charge is 0.356 e.